The lowest BCUT2D eigenvalue weighted by Crippen LogP contribution is -2.29. The minimum atomic E-state index is -0.350. The average Bonchev–Trinajstić information content (AvgIpc) is 3.09. The summed E-state index contributed by atoms with van der Waals surface area (Å²) in [6.07, 6.45) is 2.44. The van der Waals surface area contributed by atoms with Gasteiger partial charge in [-0.3, -0.25) is 14.0 Å². The van der Waals surface area contributed by atoms with Crippen molar-refractivity contribution in [1.82, 2.24) is 20.0 Å². The molecule has 0 aliphatic rings. The number of ether oxygens (including phenoxy) is 1. The number of carbonyl (C=O) groups excluding carboxylic acids is 2. The molecule has 0 saturated heterocycles. The van der Waals surface area contributed by atoms with Gasteiger partial charge in [-0.15, -0.1) is 0 Å². The molecule has 1 aromatic carbocycles. The van der Waals surface area contributed by atoms with Crippen LogP contribution in [-0.4, -0.2) is 48.0 Å². The predicted molar refractivity (Wildman–Crippen MR) is 102 cm³/mol. The SMILES string of the molecule is COCCNC(=O)c1nc(C(=O)NCCc2ccccc2)c2ccccn12. The quantitative estimate of drug-likeness (QED) is 0.594. The number of pyridine rings is 1. The molecule has 0 fully saturated rings. The number of nitrogens with zero attached hydrogens (tertiary/aromatic N) is 2. The Morgan fingerprint density at radius 2 is 1.74 bits per heavy atom. The van der Waals surface area contributed by atoms with Crippen molar-refractivity contribution in [2.75, 3.05) is 26.8 Å². The van der Waals surface area contributed by atoms with Crippen LogP contribution in [0, 0.1) is 0 Å². The van der Waals surface area contributed by atoms with Crippen LogP contribution in [0.1, 0.15) is 26.7 Å². The fourth-order valence-electron chi connectivity index (χ4n) is 2.76. The predicted octanol–water partition coefficient (Wildman–Crippen LogP) is 1.68. The van der Waals surface area contributed by atoms with Crippen LogP contribution in [0.25, 0.3) is 5.52 Å². The van der Waals surface area contributed by atoms with E-state index in [1.54, 1.807) is 29.8 Å². The number of fused-ring (bicyclic) bond motifs is 1. The van der Waals surface area contributed by atoms with Crippen molar-refractivity contribution in [3.63, 3.8) is 0 Å². The van der Waals surface area contributed by atoms with Crippen molar-refractivity contribution < 1.29 is 14.3 Å². The van der Waals surface area contributed by atoms with Crippen LogP contribution in [0.15, 0.2) is 54.7 Å². The lowest BCUT2D eigenvalue weighted by molar-refractivity contribution is 0.0926. The molecule has 0 bridgehead atoms. The second-order valence-corrected chi connectivity index (χ2v) is 5.98. The van der Waals surface area contributed by atoms with Gasteiger partial charge in [-0.1, -0.05) is 36.4 Å². The van der Waals surface area contributed by atoms with Gasteiger partial charge in [-0.05, 0) is 24.1 Å². The third-order valence-corrected chi connectivity index (χ3v) is 4.10. The molecular formula is C20H22N4O3. The first-order chi connectivity index (χ1) is 13.2. The van der Waals surface area contributed by atoms with Crippen LogP contribution < -0.4 is 10.6 Å². The number of benzene rings is 1. The van der Waals surface area contributed by atoms with Gasteiger partial charge in [0.25, 0.3) is 11.8 Å². The maximum atomic E-state index is 12.6. The molecule has 2 N–H and O–H groups in total. The number of carbonyl (C=O) groups is 2. The fourth-order valence-corrected chi connectivity index (χ4v) is 2.76. The molecule has 27 heavy (non-hydrogen) atoms. The summed E-state index contributed by atoms with van der Waals surface area (Å²) in [4.78, 5) is 29.3. The largest absolute Gasteiger partial charge is 0.383 e. The maximum absolute atomic E-state index is 12.6. The summed E-state index contributed by atoms with van der Waals surface area (Å²) in [6.45, 7) is 1.27. The van der Waals surface area contributed by atoms with Crippen LogP contribution in [0.3, 0.4) is 0 Å². The highest BCUT2D eigenvalue weighted by Gasteiger charge is 2.20. The van der Waals surface area contributed by atoms with E-state index in [4.69, 9.17) is 4.74 Å². The summed E-state index contributed by atoms with van der Waals surface area (Å²) in [5.74, 6) is -0.475. The number of rotatable bonds is 8. The van der Waals surface area contributed by atoms with Crippen LogP contribution in [0.4, 0.5) is 0 Å². The van der Waals surface area contributed by atoms with E-state index < -0.39 is 0 Å². The third-order valence-electron chi connectivity index (χ3n) is 4.10. The Bertz CT molecular complexity index is 921. The van der Waals surface area contributed by atoms with E-state index in [2.05, 4.69) is 15.6 Å². The van der Waals surface area contributed by atoms with E-state index in [-0.39, 0.29) is 23.3 Å². The Balaban J connectivity index is 1.73. The van der Waals surface area contributed by atoms with Crippen LogP contribution >= 0.6 is 0 Å². The van der Waals surface area contributed by atoms with Gasteiger partial charge in [0, 0.05) is 26.4 Å². The highest BCUT2D eigenvalue weighted by molar-refractivity contribution is 6.02. The minimum absolute atomic E-state index is 0.176. The Kier molecular flexibility index (Phi) is 6.17. The van der Waals surface area contributed by atoms with Gasteiger partial charge in [-0.2, -0.15) is 0 Å². The number of aromatic nitrogens is 2. The highest BCUT2D eigenvalue weighted by Crippen LogP contribution is 2.13. The molecule has 2 amide bonds. The number of nitrogens with one attached hydrogen (secondary N) is 2. The standard InChI is InChI=1S/C20H22N4O3/c1-27-14-12-22-20(26)18-23-17(16-9-5-6-13-24(16)18)19(25)21-11-10-15-7-3-2-4-8-15/h2-9,13H,10-12,14H2,1H3,(H,21,25)(H,22,26). The Morgan fingerprint density at radius 1 is 1.00 bits per heavy atom. The van der Waals surface area contributed by atoms with Gasteiger partial charge >= 0.3 is 0 Å². The molecule has 2 aromatic heterocycles. The number of imidazole rings is 1. The van der Waals surface area contributed by atoms with Crippen LogP contribution in [-0.2, 0) is 11.2 Å². The first-order valence-electron chi connectivity index (χ1n) is 8.77. The van der Waals surface area contributed by atoms with Crippen LogP contribution in [0.5, 0.6) is 0 Å². The summed E-state index contributed by atoms with van der Waals surface area (Å²) in [5, 5.41) is 5.61. The summed E-state index contributed by atoms with van der Waals surface area (Å²) in [6, 6.07) is 15.3. The van der Waals surface area contributed by atoms with E-state index in [0.29, 0.717) is 25.2 Å². The summed E-state index contributed by atoms with van der Waals surface area (Å²) >= 11 is 0. The average molecular weight is 366 g/mol. The molecule has 2 heterocycles. The molecule has 0 radical (unpaired) electrons. The van der Waals surface area contributed by atoms with E-state index in [9.17, 15) is 9.59 Å². The van der Waals surface area contributed by atoms with Crippen molar-refractivity contribution in [3.05, 3.63) is 71.8 Å². The number of amides is 2. The van der Waals surface area contributed by atoms with E-state index in [1.807, 2.05) is 36.4 Å². The monoisotopic (exact) mass is 366 g/mol. The van der Waals surface area contributed by atoms with Gasteiger partial charge in [0.2, 0.25) is 5.82 Å². The zero-order chi connectivity index (χ0) is 19.1. The molecule has 0 saturated carbocycles. The first-order valence-corrected chi connectivity index (χ1v) is 8.77. The molecule has 0 aliphatic heterocycles. The molecule has 3 aromatic rings. The highest BCUT2D eigenvalue weighted by atomic mass is 16.5. The smallest absolute Gasteiger partial charge is 0.287 e. The number of hydrogen-bond donors (Lipinski definition) is 2. The van der Waals surface area contributed by atoms with Crippen molar-refractivity contribution in [2.45, 2.75) is 6.42 Å². The molecule has 0 unspecified atom stereocenters. The topological polar surface area (TPSA) is 84.7 Å². The Hall–Kier alpha value is -3.19. The minimum Gasteiger partial charge on any atom is -0.383 e. The third kappa shape index (κ3) is 4.51. The van der Waals surface area contributed by atoms with Gasteiger partial charge in [0.15, 0.2) is 5.69 Å². The lowest BCUT2D eigenvalue weighted by atomic mass is 10.1. The molecule has 0 atom stereocenters. The van der Waals surface area contributed by atoms with Gasteiger partial charge in [0.05, 0.1) is 12.1 Å². The van der Waals surface area contributed by atoms with E-state index >= 15 is 0 Å². The first kappa shape index (κ1) is 18.6. The van der Waals surface area contributed by atoms with Gasteiger partial charge in [-0.25, -0.2) is 4.98 Å². The normalized spacial score (nSPS) is 10.7. The molecule has 7 heteroatoms. The number of hydrogen-bond acceptors (Lipinski definition) is 4. The summed E-state index contributed by atoms with van der Waals surface area (Å²) < 4.78 is 6.55. The Labute approximate surface area is 157 Å². The molecule has 7 nitrogen and oxygen atoms in total. The molecule has 140 valence electrons. The second-order valence-electron chi connectivity index (χ2n) is 5.98. The lowest BCUT2D eigenvalue weighted by Gasteiger charge is -2.04. The van der Waals surface area contributed by atoms with Crippen molar-refractivity contribution >= 4 is 17.3 Å². The van der Waals surface area contributed by atoms with Crippen molar-refractivity contribution in [3.8, 4) is 0 Å². The van der Waals surface area contributed by atoms with Gasteiger partial charge in [0.1, 0.15) is 0 Å². The van der Waals surface area contributed by atoms with Crippen LogP contribution in [0.2, 0.25) is 0 Å². The molecule has 3 rings (SSSR count). The maximum Gasteiger partial charge on any atom is 0.287 e. The number of methoxy groups -OCH3 is 1. The molecular weight excluding hydrogens is 344 g/mol. The van der Waals surface area contributed by atoms with E-state index in [0.717, 1.165) is 12.0 Å². The fraction of sp³-hybridized carbons (Fsp3) is 0.250. The zero-order valence-corrected chi connectivity index (χ0v) is 15.1. The summed E-state index contributed by atoms with van der Waals surface area (Å²) in [7, 11) is 1.56. The second kappa shape index (κ2) is 8.95. The van der Waals surface area contributed by atoms with Crippen molar-refractivity contribution in [1.29, 1.82) is 0 Å². The van der Waals surface area contributed by atoms with Gasteiger partial charge < -0.3 is 15.4 Å². The van der Waals surface area contributed by atoms with E-state index in [1.165, 1.54) is 0 Å². The molecule has 0 spiro atoms. The molecule has 0 aliphatic carbocycles. The Morgan fingerprint density at radius 3 is 2.52 bits per heavy atom. The zero-order valence-electron chi connectivity index (χ0n) is 15.1. The van der Waals surface area contributed by atoms with Crippen molar-refractivity contribution in [2.24, 2.45) is 0 Å². The summed E-state index contributed by atoms with van der Waals surface area (Å²) in [5.41, 5.74) is 1.97.